The molecule has 9 nitrogen and oxygen atoms in total. The maximum absolute atomic E-state index is 12.0. The largest absolute Gasteiger partial charge is 0.446 e. The zero-order valence-corrected chi connectivity index (χ0v) is 11.6. The average Bonchev–Trinajstić information content (AvgIpc) is 2.26. The van der Waals surface area contributed by atoms with Crippen molar-refractivity contribution in [2.75, 3.05) is 19.6 Å². The SMILES string of the molecule is CC(C)OC(=O)NS(=O)(=O)N1CCNCC1C(N)=O. The monoisotopic (exact) mass is 294 g/mol. The van der Waals surface area contributed by atoms with Crippen molar-refractivity contribution in [1.82, 2.24) is 14.3 Å². The van der Waals surface area contributed by atoms with Gasteiger partial charge in [0.25, 0.3) is 0 Å². The van der Waals surface area contributed by atoms with E-state index in [1.807, 2.05) is 0 Å². The van der Waals surface area contributed by atoms with Crippen molar-refractivity contribution in [1.29, 1.82) is 0 Å². The van der Waals surface area contributed by atoms with Gasteiger partial charge in [0.05, 0.1) is 6.10 Å². The Morgan fingerprint density at radius 2 is 2.11 bits per heavy atom. The number of ether oxygens (including phenoxy) is 1. The van der Waals surface area contributed by atoms with Gasteiger partial charge in [0.15, 0.2) is 0 Å². The molecule has 0 radical (unpaired) electrons. The summed E-state index contributed by atoms with van der Waals surface area (Å²) in [4.78, 5) is 22.5. The van der Waals surface area contributed by atoms with Crippen molar-refractivity contribution >= 4 is 22.2 Å². The lowest BCUT2D eigenvalue weighted by Gasteiger charge is -2.32. The summed E-state index contributed by atoms with van der Waals surface area (Å²) in [7, 11) is -4.15. The summed E-state index contributed by atoms with van der Waals surface area (Å²) in [6.45, 7) is 3.68. The molecule has 0 aromatic carbocycles. The highest BCUT2D eigenvalue weighted by molar-refractivity contribution is 7.87. The second-order valence-electron chi connectivity index (χ2n) is 4.29. The first kappa shape index (κ1) is 15.7. The van der Waals surface area contributed by atoms with Gasteiger partial charge in [-0.05, 0) is 13.8 Å². The lowest BCUT2D eigenvalue weighted by atomic mass is 10.2. The predicted molar refractivity (Wildman–Crippen MR) is 66.2 cm³/mol. The highest BCUT2D eigenvalue weighted by Gasteiger charge is 2.36. The van der Waals surface area contributed by atoms with Gasteiger partial charge >= 0.3 is 16.3 Å². The molecule has 1 saturated heterocycles. The van der Waals surface area contributed by atoms with Crippen LogP contribution in [-0.2, 0) is 19.7 Å². The minimum absolute atomic E-state index is 0.0396. The summed E-state index contributed by atoms with van der Waals surface area (Å²) in [5.74, 6) is -0.783. The average molecular weight is 294 g/mol. The highest BCUT2D eigenvalue weighted by Crippen LogP contribution is 2.08. The number of nitrogens with zero attached hydrogens (tertiary/aromatic N) is 1. The van der Waals surface area contributed by atoms with E-state index in [-0.39, 0.29) is 13.1 Å². The summed E-state index contributed by atoms with van der Waals surface area (Å²) in [6.07, 6.45) is -1.54. The number of hydrogen-bond acceptors (Lipinski definition) is 6. The van der Waals surface area contributed by atoms with Crippen molar-refractivity contribution in [3.8, 4) is 0 Å². The van der Waals surface area contributed by atoms with Crippen LogP contribution in [0.15, 0.2) is 0 Å². The highest BCUT2D eigenvalue weighted by atomic mass is 32.2. The second-order valence-corrected chi connectivity index (χ2v) is 5.92. The maximum Gasteiger partial charge on any atom is 0.422 e. The van der Waals surface area contributed by atoms with E-state index in [0.29, 0.717) is 6.54 Å². The van der Waals surface area contributed by atoms with Crippen LogP contribution in [0.4, 0.5) is 4.79 Å². The number of rotatable bonds is 4. The summed E-state index contributed by atoms with van der Waals surface area (Å²) >= 11 is 0. The Kier molecular flexibility index (Phi) is 5.09. The fourth-order valence-corrected chi connectivity index (χ4v) is 2.84. The van der Waals surface area contributed by atoms with Gasteiger partial charge in [-0.25, -0.2) is 9.52 Å². The Bertz CT molecular complexity index is 450. The molecule has 110 valence electrons. The molecule has 1 atom stereocenters. The normalized spacial score (nSPS) is 21.1. The molecule has 0 aromatic rings. The van der Waals surface area contributed by atoms with Crippen molar-refractivity contribution in [3.05, 3.63) is 0 Å². The molecular formula is C9H18N4O5S. The molecule has 1 aliphatic rings. The minimum Gasteiger partial charge on any atom is -0.446 e. The van der Waals surface area contributed by atoms with E-state index in [1.54, 1.807) is 18.6 Å². The predicted octanol–water partition coefficient (Wildman–Crippen LogP) is -1.88. The van der Waals surface area contributed by atoms with Crippen molar-refractivity contribution in [2.45, 2.75) is 26.0 Å². The van der Waals surface area contributed by atoms with E-state index in [9.17, 15) is 18.0 Å². The Balaban J connectivity index is 2.79. The minimum atomic E-state index is -4.15. The van der Waals surface area contributed by atoms with Crippen LogP contribution in [0.1, 0.15) is 13.8 Å². The quantitative estimate of drug-likeness (QED) is 0.556. The van der Waals surface area contributed by atoms with E-state index in [2.05, 4.69) is 10.1 Å². The van der Waals surface area contributed by atoms with Gasteiger partial charge in [0.1, 0.15) is 6.04 Å². The van der Waals surface area contributed by atoms with Crippen molar-refractivity contribution < 1.29 is 22.7 Å². The third-order valence-corrected chi connectivity index (χ3v) is 3.87. The van der Waals surface area contributed by atoms with Gasteiger partial charge in [-0.1, -0.05) is 0 Å². The second kappa shape index (κ2) is 6.17. The topological polar surface area (TPSA) is 131 Å². The molecule has 0 bridgehead atoms. The molecule has 1 aliphatic heterocycles. The first-order valence-corrected chi connectivity index (χ1v) is 7.18. The van der Waals surface area contributed by atoms with Crippen molar-refractivity contribution in [2.24, 2.45) is 5.73 Å². The number of amides is 2. The van der Waals surface area contributed by atoms with Gasteiger partial charge in [-0.3, -0.25) is 4.79 Å². The zero-order chi connectivity index (χ0) is 14.6. The maximum atomic E-state index is 12.0. The molecule has 0 saturated carbocycles. The van der Waals surface area contributed by atoms with Crippen LogP contribution in [0.2, 0.25) is 0 Å². The lowest BCUT2D eigenvalue weighted by molar-refractivity contribution is -0.122. The molecule has 10 heteroatoms. The first-order chi connectivity index (χ1) is 8.74. The van der Waals surface area contributed by atoms with Gasteiger partial charge in [-0.15, -0.1) is 0 Å². The van der Waals surface area contributed by atoms with Crippen molar-refractivity contribution in [3.63, 3.8) is 0 Å². The van der Waals surface area contributed by atoms with Crippen LogP contribution in [0, 0.1) is 0 Å². The van der Waals surface area contributed by atoms with Crippen LogP contribution < -0.4 is 15.8 Å². The van der Waals surface area contributed by atoms with Gasteiger partial charge in [0.2, 0.25) is 5.91 Å². The molecule has 1 rings (SSSR count). The van der Waals surface area contributed by atoms with E-state index in [0.717, 1.165) is 4.31 Å². The molecule has 1 fully saturated rings. The molecule has 0 spiro atoms. The fourth-order valence-electron chi connectivity index (χ4n) is 1.62. The molecule has 1 unspecified atom stereocenters. The van der Waals surface area contributed by atoms with Crippen LogP contribution in [0.3, 0.4) is 0 Å². The van der Waals surface area contributed by atoms with Crippen LogP contribution in [-0.4, -0.2) is 56.5 Å². The number of primary amides is 1. The third-order valence-electron chi connectivity index (χ3n) is 2.39. The Morgan fingerprint density at radius 1 is 1.47 bits per heavy atom. The smallest absolute Gasteiger partial charge is 0.422 e. The Labute approximate surface area is 111 Å². The molecule has 19 heavy (non-hydrogen) atoms. The number of nitrogens with one attached hydrogen (secondary N) is 2. The van der Waals surface area contributed by atoms with Crippen LogP contribution in [0.25, 0.3) is 0 Å². The summed E-state index contributed by atoms with van der Waals surface area (Å²) in [5, 5.41) is 2.85. The van der Waals surface area contributed by atoms with Crippen LogP contribution in [0.5, 0.6) is 0 Å². The molecule has 0 aliphatic carbocycles. The van der Waals surface area contributed by atoms with Crippen LogP contribution >= 0.6 is 0 Å². The van der Waals surface area contributed by atoms with Gasteiger partial charge < -0.3 is 15.8 Å². The standard InChI is InChI=1S/C9H18N4O5S/c1-6(2)18-9(15)12-19(16,17)13-4-3-11-5-7(13)8(10)14/h6-7,11H,3-5H2,1-2H3,(H2,10,14)(H,12,15). The van der Waals surface area contributed by atoms with E-state index in [4.69, 9.17) is 5.73 Å². The Hall–Kier alpha value is -1.39. The number of piperazine rings is 1. The van der Waals surface area contributed by atoms with E-state index in [1.165, 1.54) is 0 Å². The fraction of sp³-hybridized carbons (Fsp3) is 0.778. The number of hydrogen-bond donors (Lipinski definition) is 3. The zero-order valence-electron chi connectivity index (χ0n) is 10.8. The van der Waals surface area contributed by atoms with E-state index >= 15 is 0 Å². The van der Waals surface area contributed by atoms with Gasteiger partial charge in [0, 0.05) is 19.6 Å². The molecule has 0 aromatic heterocycles. The summed E-state index contributed by atoms with van der Waals surface area (Å²) in [5.41, 5.74) is 5.14. The molecular weight excluding hydrogens is 276 g/mol. The number of carbonyl (C=O) groups excluding carboxylic acids is 2. The van der Waals surface area contributed by atoms with Gasteiger partial charge in [-0.2, -0.15) is 12.7 Å². The Morgan fingerprint density at radius 3 is 2.63 bits per heavy atom. The number of carbonyl (C=O) groups is 2. The summed E-state index contributed by atoms with van der Waals surface area (Å²) in [6, 6.07) is -1.03. The molecule has 1 heterocycles. The first-order valence-electron chi connectivity index (χ1n) is 5.74. The molecule has 2 amide bonds. The number of nitrogens with two attached hydrogens (primary N) is 1. The van der Waals surface area contributed by atoms with E-state index < -0.39 is 34.4 Å². The lowest BCUT2D eigenvalue weighted by Crippen LogP contribution is -2.61. The molecule has 4 N–H and O–H groups in total. The summed E-state index contributed by atoms with van der Waals surface area (Å²) < 4.78 is 31.2. The third kappa shape index (κ3) is 4.33.